The van der Waals surface area contributed by atoms with Crippen molar-refractivity contribution in [2.24, 2.45) is 0 Å². The highest BCUT2D eigenvalue weighted by Gasteiger charge is 2.16. The number of hydrogen-bond donors (Lipinski definition) is 0. The van der Waals surface area contributed by atoms with E-state index in [1.165, 1.54) is 48.7 Å². The lowest BCUT2D eigenvalue weighted by Gasteiger charge is -2.22. The minimum Gasteiger partial charge on any atom is -0.456 e. The van der Waals surface area contributed by atoms with Crippen molar-refractivity contribution in [3.8, 4) is 0 Å². The molecule has 1 aromatic heterocycles. The van der Waals surface area contributed by atoms with Crippen LogP contribution in [0.5, 0.6) is 0 Å². The molecule has 0 bridgehead atoms. The first-order valence-corrected chi connectivity index (χ1v) is 8.22. The molecule has 126 valence electrons. The van der Waals surface area contributed by atoms with Gasteiger partial charge in [-0.3, -0.25) is 9.59 Å². The van der Waals surface area contributed by atoms with Crippen molar-refractivity contribution in [1.29, 1.82) is 0 Å². The third-order valence-electron chi connectivity index (χ3n) is 4.36. The first kappa shape index (κ1) is 16.3. The van der Waals surface area contributed by atoms with E-state index in [4.69, 9.17) is 4.74 Å². The van der Waals surface area contributed by atoms with Crippen LogP contribution < -0.4 is 0 Å². The molecule has 0 amide bonds. The number of nitrogens with zero attached hydrogens (tertiary/aromatic N) is 4. The number of aromatic nitrogens is 4. The Hall–Kier alpha value is -2.57. The Morgan fingerprint density at radius 1 is 1.12 bits per heavy atom. The van der Waals surface area contributed by atoms with Crippen LogP contribution in [0.3, 0.4) is 0 Å². The summed E-state index contributed by atoms with van der Waals surface area (Å²) in [6, 6.07) is 7.68. The van der Waals surface area contributed by atoms with Crippen LogP contribution >= 0.6 is 0 Å². The van der Waals surface area contributed by atoms with E-state index in [0.717, 1.165) is 0 Å². The lowest BCUT2D eigenvalue weighted by atomic mass is 9.84. The number of benzene rings is 1. The molecule has 0 spiro atoms. The SMILES string of the molecule is O=C(Cn1cnnn1)OCC(=O)c1ccc(C2CCCCC2)cc1. The third kappa shape index (κ3) is 4.24. The number of ether oxygens (including phenoxy) is 1. The van der Waals surface area contributed by atoms with Crippen molar-refractivity contribution in [2.75, 3.05) is 6.61 Å². The number of carbonyl (C=O) groups excluding carboxylic acids is 2. The van der Waals surface area contributed by atoms with Gasteiger partial charge in [-0.2, -0.15) is 0 Å². The van der Waals surface area contributed by atoms with Crippen LogP contribution in [0.1, 0.15) is 53.9 Å². The highest BCUT2D eigenvalue weighted by Crippen LogP contribution is 2.32. The van der Waals surface area contributed by atoms with Crippen LogP contribution in [0.4, 0.5) is 0 Å². The summed E-state index contributed by atoms with van der Waals surface area (Å²) in [5.74, 6) is -0.151. The number of hydrogen-bond acceptors (Lipinski definition) is 6. The maximum atomic E-state index is 12.1. The van der Waals surface area contributed by atoms with Crippen LogP contribution in [-0.2, 0) is 16.1 Å². The smallest absolute Gasteiger partial charge is 0.328 e. The number of carbonyl (C=O) groups is 2. The Morgan fingerprint density at radius 2 is 1.88 bits per heavy atom. The minimum atomic E-state index is -0.547. The predicted molar refractivity (Wildman–Crippen MR) is 85.4 cm³/mol. The topological polar surface area (TPSA) is 87.0 Å². The Kier molecular flexibility index (Phi) is 5.30. The summed E-state index contributed by atoms with van der Waals surface area (Å²) in [6.45, 7) is -0.384. The summed E-state index contributed by atoms with van der Waals surface area (Å²) in [6.07, 6.45) is 7.64. The van der Waals surface area contributed by atoms with Crippen LogP contribution in [0.25, 0.3) is 0 Å². The van der Waals surface area contributed by atoms with Gasteiger partial charge in [0.25, 0.3) is 0 Å². The fraction of sp³-hybridized carbons (Fsp3) is 0.471. The van der Waals surface area contributed by atoms with E-state index in [-0.39, 0.29) is 18.9 Å². The lowest BCUT2D eigenvalue weighted by molar-refractivity contribution is -0.143. The molecular formula is C17H20N4O3. The van der Waals surface area contributed by atoms with Crippen molar-refractivity contribution >= 4 is 11.8 Å². The average Bonchev–Trinajstić information content (AvgIpc) is 3.13. The minimum absolute atomic E-state index is 0.110. The molecule has 0 saturated heterocycles. The second kappa shape index (κ2) is 7.81. The van der Waals surface area contributed by atoms with Gasteiger partial charge >= 0.3 is 5.97 Å². The van der Waals surface area contributed by atoms with Gasteiger partial charge < -0.3 is 4.74 Å². The van der Waals surface area contributed by atoms with Gasteiger partial charge in [-0.1, -0.05) is 43.5 Å². The Bertz CT molecular complexity index is 676. The van der Waals surface area contributed by atoms with E-state index in [0.29, 0.717) is 11.5 Å². The van der Waals surface area contributed by atoms with Crippen molar-refractivity contribution in [3.05, 3.63) is 41.7 Å². The summed E-state index contributed by atoms with van der Waals surface area (Å²) in [5, 5.41) is 10.4. The summed E-state index contributed by atoms with van der Waals surface area (Å²) in [7, 11) is 0. The van der Waals surface area contributed by atoms with E-state index in [2.05, 4.69) is 15.5 Å². The number of tetrazole rings is 1. The zero-order chi connectivity index (χ0) is 16.8. The van der Waals surface area contributed by atoms with E-state index in [9.17, 15) is 9.59 Å². The molecule has 7 nitrogen and oxygen atoms in total. The van der Waals surface area contributed by atoms with Gasteiger partial charge in [0, 0.05) is 5.56 Å². The molecule has 3 rings (SSSR count). The van der Waals surface area contributed by atoms with Crippen LogP contribution in [0.15, 0.2) is 30.6 Å². The standard InChI is InChI=1S/C17H20N4O3/c22-16(11-24-17(23)10-21-12-18-19-20-21)15-8-6-14(7-9-15)13-4-2-1-3-5-13/h6-9,12-13H,1-5,10-11H2. The van der Waals surface area contributed by atoms with Gasteiger partial charge in [-0.05, 0) is 34.7 Å². The average molecular weight is 328 g/mol. The Morgan fingerprint density at radius 3 is 2.54 bits per heavy atom. The molecule has 2 aromatic rings. The second-order valence-corrected chi connectivity index (χ2v) is 6.05. The largest absolute Gasteiger partial charge is 0.456 e. The molecule has 1 aliphatic rings. The molecule has 0 atom stereocenters. The number of Topliss-reactive ketones (excluding diaryl/α,β-unsaturated/α-hetero) is 1. The van der Waals surface area contributed by atoms with E-state index in [1.807, 2.05) is 24.3 Å². The molecule has 0 unspecified atom stereocenters. The third-order valence-corrected chi connectivity index (χ3v) is 4.36. The van der Waals surface area contributed by atoms with Gasteiger partial charge in [-0.25, -0.2) is 4.68 Å². The molecule has 7 heteroatoms. The van der Waals surface area contributed by atoms with Crippen molar-refractivity contribution in [1.82, 2.24) is 20.2 Å². The molecule has 1 heterocycles. The fourth-order valence-corrected chi connectivity index (χ4v) is 3.04. The monoisotopic (exact) mass is 328 g/mol. The van der Waals surface area contributed by atoms with E-state index in [1.54, 1.807) is 0 Å². The predicted octanol–water partition coefficient (Wildman–Crippen LogP) is 2.15. The molecule has 1 saturated carbocycles. The second-order valence-electron chi connectivity index (χ2n) is 6.05. The van der Waals surface area contributed by atoms with Gasteiger partial charge in [0.2, 0.25) is 0 Å². The zero-order valence-corrected chi connectivity index (χ0v) is 13.4. The van der Waals surface area contributed by atoms with Crippen molar-refractivity contribution in [2.45, 2.75) is 44.6 Å². The lowest BCUT2D eigenvalue weighted by Crippen LogP contribution is -2.18. The van der Waals surface area contributed by atoms with Crippen LogP contribution in [0, 0.1) is 0 Å². The fourth-order valence-electron chi connectivity index (χ4n) is 3.04. The van der Waals surface area contributed by atoms with Crippen molar-refractivity contribution in [3.63, 3.8) is 0 Å². The highest BCUT2D eigenvalue weighted by molar-refractivity contribution is 5.97. The maximum absolute atomic E-state index is 12.1. The summed E-state index contributed by atoms with van der Waals surface area (Å²) >= 11 is 0. The van der Waals surface area contributed by atoms with Crippen molar-refractivity contribution < 1.29 is 14.3 Å². The van der Waals surface area contributed by atoms with E-state index < -0.39 is 5.97 Å². The first-order chi connectivity index (χ1) is 11.7. The molecule has 1 aliphatic carbocycles. The summed E-state index contributed by atoms with van der Waals surface area (Å²) in [4.78, 5) is 23.7. The normalized spacial score (nSPS) is 15.2. The highest BCUT2D eigenvalue weighted by atomic mass is 16.5. The maximum Gasteiger partial charge on any atom is 0.328 e. The van der Waals surface area contributed by atoms with E-state index >= 15 is 0 Å². The summed E-state index contributed by atoms with van der Waals surface area (Å²) in [5.41, 5.74) is 1.85. The molecular weight excluding hydrogens is 308 g/mol. The molecule has 0 radical (unpaired) electrons. The number of rotatable bonds is 6. The van der Waals surface area contributed by atoms with Gasteiger partial charge in [0.05, 0.1) is 0 Å². The zero-order valence-electron chi connectivity index (χ0n) is 13.4. The van der Waals surface area contributed by atoms with Crippen LogP contribution in [-0.4, -0.2) is 38.6 Å². The van der Waals surface area contributed by atoms with Gasteiger partial charge in [0.1, 0.15) is 12.9 Å². The molecule has 1 aromatic carbocycles. The number of ketones is 1. The van der Waals surface area contributed by atoms with Crippen LogP contribution in [0.2, 0.25) is 0 Å². The Labute approximate surface area is 140 Å². The molecule has 0 aliphatic heterocycles. The van der Waals surface area contributed by atoms with Gasteiger partial charge in [-0.15, -0.1) is 5.10 Å². The first-order valence-electron chi connectivity index (χ1n) is 8.22. The Balaban J connectivity index is 1.50. The summed E-state index contributed by atoms with van der Waals surface area (Å²) < 4.78 is 6.22. The quantitative estimate of drug-likeness (QED) is 0.596. The molecule has 24 heavy (non-hydrogen) atoms. The molecule has 1 fully saturated rings. The van der Waals surface area contributed by atoms with Gasteiger partial charge in [0.15, 0.2) is 12.4 Å². The molecule has 0 N–H and O–H groups in total. The number of esters is 1.